The van der Waals surface area contributed by atoms with E-state index in [1.165, 1.54) is 38.5 Å². The highest BCUT2D eigenvalue weighted by Gasteiger charge is 2.35. The van der Waals surface area contributed by atoms with E-state index in [0.29, 0.717) is 6.61 Å². The molecule has 102 valence electrons. The Bertz CT molecular complexity index is 196. The van der Waals surface area contributed by atoms with E-state index in [1.807, 2.05) is 6.92 Å². The molecule has 0 aromatic rings. The molecule has 1 aliphatic heterocycles. The van der Waals surface area contributed by atoms with Crippen LogP contribution in [-0.4, -0.2) is 30.2 Å². The quantitative estimate of drug-likeness (QED) is 0.633. The molecular formula is C14H28O3. The normalized spacial score (nSPS) is 28.8. The van der Waals surface area contributed by atoms with Crippen LogP contribution in [0.3, 0.4) is 0 Å². The smallest absolute Gasteiger partial charge is 0.166 e. The lowest BCUT2D eigenvalue weighted by Crippen LogP contribution is -2.27. The van der Waals surface area contributed by atoms with Crippen molar-refractivity contribution >= 4 is 0 Å². The number of hydrogen-bond acceptors (Lipinski definition) is 3. The number of rotatable bonds is 9. The second kappa shape index (κ2) is 8.06. The SMILES string of the molecule is CCCCCCCCC[C@]1(C)OC[C@H](CO)O1. The van der Waals surface area contributed by atoms with E-state index in [0.717, 1.165) is 12.8 Å². The molecule has 0 saturated carbocycles. The maximum atomic E-state index is 8.99. The molecule has 0 spiro atoms. The first kappa shape index (κ1) is 14.9. The standard InChI is InChI=1S/C14H28O3/c1-3-4-5-6-7-8-9-10-14(2)16-12-13(11-15)17-14/h13,15H,3-12H2,1-2H3/t13-,14+/m0/s1. The predicted molar refractivity (Wildman–Crippen MR) is 68.9 cm³/mol. The minimum Gasteiger partial charge on any atom is -0.394 e. The van der Waals surface area contributed by atoms with E-state index in [1.54, 1.807) is 0 Å². The van der Waals surface area contributed by atoms with Gasteiger partial charge in [-0.05, 0) is 13.3 Å². The van der Waals surface area contributed by atoms with Gasteiger partial charge in [0, 0.05) is 6.42 Å². The number of hydrogen-bond donors (Lipinski definition) is 1. The largest absolute Gasteiger partial charge is 0.394 e. The van der Waals surface area contributed by atoms with Crippen molar-refractivity contribution in [2.24, 2.45) is 0 Å². The Kier molecular flexibility index (Phi) is 7.09. The molecule has 1 heterocycles. The van der Waals surface area contributed by atoms with Crippen LogP contribution in [0.4, 0.5) is 0 Å². The van der Waals surface area contributed by atoms with Gasteiger partial charge in [-0.3, -0.25) is 0 Å². The number of aliphatic hydroxyl groups is 1. The topological polar surface area (TPSA) is 38.7 Å². The van der Waals surface area contributed by atoms with Crippen molar-refractivity contribution in [2.45, 2.75) is 77.1 Å². The Morgan fingerprint density at radius 1 is 1.12 bits per heavy atom. The minimum absolute atomic E-state index is 0.0621. The van der Waals surface area contributed by atoms with Gasteiger partial charge in [0.25, 0.3) is 0 Å². The lowest BCUT2D eigenvalue weighted by Gasteiger charge is -2.22. The molecule has 1 aliphatic rings. The number of aliphatic hydroxyl groups excluding tert-OH is 1. The van der Waals surface area contributed by atoms with E-state index >= 15 is 0 Å². The summed E-state index contributed by atoms with van der Waals surface area (Å²) in [5, 5.41) is 8.99. The van der Waals surface area contributed by atoms with Crippen LogP contribution in [0.2, 0.25) is 0 Å². The fourth-order valence-corrected chi connectivity index (χ4v) is 2.31. The van der Waals surface area contributed by atoms with Crippen molar-refractivity contribution in [3.8, 4) is 0 Å². The average Bonchev–Trinajstić information content (AvgIpc) is 2.70. The third kappa shape index (κ3) is 5.84. The second-order valence-corrected chi connectivity index (χ2v) is 5.24. The van der Waals surface area contributed by atoms with Crippen LogP contribution in [-0.2, 0) is 9.47 Å². The molecule has 3 heteroatoms. The monoisotopic (exact) mass is 244 g/mol. The summed E-state index contributed by atoms with van der Waals surface area (Å²) in [5.41, 5.74) is 0. The van der Waals surface area contributed by atoms with E-state index in [2.05, 4.69) is 6.92 Å². The summed E-state index contributed by atoms with van der Waals surface area (Å²) in [4.78, 5) is 0. The van der Waals surface area contributed by atoms with Gasteiger partial charge < -0.3 is 14.6 Å². The molecule has 3 nitrogen and oxygen atoms in total. The fourth-order valence-electron chi connectivity index (χ4n) is 2.31. The van der Waals surface area contributed by atoms with Crippen molar-refractivity contribution in [3.63, 3.8) is 0 Å². The first-order valence-corrected chi connectivity index (χ1v) is 7.13. The van der Waals surface area contributed by atoms with Crippen LogP contribution >= 0.6 is 0 Å². The summed E-state index contributed by atoms with van der Waals surface area (Å²) in [6.07, 6.45) is 9.95. The maximum Gasteiger partial charge on any atom is 0.166 e. The fraction of sp³-hybridized carbons (Fsp3) is 1.00. The molecule has 1 fully saturated rings. The summed E-state index contributed by atoms with van der Waals surface area (Å²) < 4.78 is 11.3. The van der Waals surface area contributed by atoms with E-state index in [4.69, 9.17) is 14.6 Å². The highest BCUT2D eigenvalue weighted by atomic mass is 16.7. The zero-order valence-corrected chi connectivity index (χ0v) is 11.4. The van der Waals surface area contributed by atoms with Gasteiger partial charge in [0.15, 0.2) is 5.79 Å². The van der Waals surface area contributed by atoms with Crippen LogP contribution in [0, 0.1) is 0 Å². The summed E-state index contributed by atoms with van der Waals surface area (Å²) >= 11 is 0. The molecule has 0 aromatic carbocycles. The molecule has 17 heavy (non-hydrogen) atoms. The molecule has 1 N–H and O–H groups in total. The Labute approximate surface area is 105 Å². The van der Waals surface area contributed by atoms with Crippen molar-refractivity contribution in [3.05, 3.63) is 0 Å². The third-order valence-electron chi connectivity index (χ3n) is 3.43. The number of unbranched alkanes of at least 4 members (excludes halogenated alkanes) is 6. The Morgan fingerprint density at radius 2 is 1.76 bits per heavy atom. The van der Waals surface area contributed by atoms with Crippen molar-refractivity contribution in [2.75, 3.05) is 13.2 Å². The van der Waals surface area contributed by atoms with Gasteiger partial charge in [-0.25, -0.2) is 0 Å². The summed E-state index contributed by atoms with van der Waals surface area (Å²) in [7, 11) is 0. The molecule has 1 saturated heterocycles. The van der Waals surface area contributed by atoms with Gasteiger partial charge in [0.2, 0.25) is 0 Å². The summed E-state index contributed by atoms with van der Waals surface area (Å²) in [6.45, 7) is 4.82. The Balaban J connectivity index is 1.99. The van der Waals surface area contributed by atoms with Crippen LogP contribution in [0.1, 0.15) is 65.2 Å². The molecule has 0 radical (unpaired) electrons. The lowest BCUT2D eigenvalue weighted by molar-refractivity contribution is -0.162. The molecule has 2 atom stereocenters. The molecule has 0 amide bonds. The van der Waals surface area contributed by atoms with E-state index in [-0.39, 0.29) is 12.7 Å². The van der Waals surface area contributed by atoms with Crippen molar-refractivity contribution in [1.82, 2.24) is 0 Å². The van der Waals surface area contributed by atoms with Gasteiger partial charge >= 0.3 is 0 Å². The van der Waals surface area contributed by atoms with Gasteiger partial charge in [0.1, 0.15) is 6.10 Å². The van der Waals surface area contributed by atoms with E-state index in [9.17, 15) is 0 Å². The molecule has 0 unspecified atom stereocenters. The van der Waals surface area contributed by atoms with Crippen molar-refractivity contribution < 1.29 is 14.6 Å². The van der Waals surface area contributed by atoms with Gasteiger partial charge in [-0.1, -0.05) is 45.4 Å². The third-order valence-corrected chi connectivity index (χ3v) is 3.43. The van der Waals surface area contributed by atoms with E-state index < -0.39 is 5.79 Å². The van der Waals surface area contributed by atoms with Crippen LogP contribution in [0.5, 0.6) is 0 Å². The van der Waals surface area contributed by atoms with Gasteiger partial charge in [0.05, 0.1) is 13.2 Å². The number of ether oxygens (including phenoxy) is 2. The first-order chi connectivity index (χ1) is 8.20. The molecular weight excluding hydrogens is 216 g/mol. The molecule has 0 bridgehead atoms. The summed E-state index contributed by atoms with van der Waals surface area (Å²) in [6, 6.07) is 0. The van der Waals surface area contributed by atoms with Crippen molar-refractivity contribution in [1.29, 1.82) is 0 Å². The van der Waals surface area contributed by atoms with Crippen LogP contribution in [0.15, 0.2) is 0 Å². The van der Waals surface area contributed by atoms with Crippen LogP contribution in [0.25, 0.3) is 0 Å². The Morgan fingerprint density at radius 3 is 2.35 bits per heavy atom. The highest BCUT2D eigenvalue weighted by Crippen LogP contribution is 2.28. The zero-order chi connectivity index (χ0) is 12.6. The second-order valence-electron chi connectivity index (χ2n) is 5.24. The molecule has 0 aliphatic carbocycles. The lowest BCUT2D eigenvalue weighted by atomic mass is 10.1. The Hall–Kier alpha value is -0.120. The summed E-state index contributed by atoms with van der Waals surface area (Å²) in [5.74, 6) is -0.448. The maximum absolute atomic E-state index is 8.99. The predicted octanol–water partition coefficient (Wildman–Crippen LogP) is 3.25. The molecule has 1 rings (SSSR count). The van der Waals surface area contributed by atoms with Gasteiger partial charge in [-0.2, -0.15) is 0 Å². The first-order valence-electron chi connectivity index (χ1n) is 7.13. The minimum atomic E-state index is -0.448. The van der Waals surface area contributed by atoms with Gasteiger partial charge in [-0.15, -0.1) is 0 Å². The average molecular weight is 244 g/mol. The van der Waals surface area contributed by atoms with Crippen LogP contribution < -0.4 is 0 Å². The highest BCUT2D eigenvalue weighted by molar-refractivity contribution is 4.74. The molecule has 0 aromatic heterocycles. The zero-order valence-electron chi connectivity index (χ0n) is 11.4.